The lowest BCUT2D eigenvalue weighted by atomic mass is 9.85. The molecule has 20 heavy (non-hydrogen) atoms. The predicted molar refractivity (Wildman–Crippen MR) is 73.3 cm³/mol. The summed E-state index contributed by atoms with van der Waals surface area (Å²) in [4.78, 5) is 23.6. The van der Waals surface area contributed by atoms with E-state index in [0.717, 1.165) is 5.56 Å². The van der Waals surface area contributed by atoms with E-state index in [9.17, 15) is 14.7 Å². The van der Waals surface area contributed by atoms with Crippen LogP contribution in [0, 0.1) is 5.41 Å². The largest absolute Gasteiger partial charge is 0.481 e. The van der Waals surface area contributed by atoms with Gasteiger partial charge in [0, 0.05) is 0 Å². The summed E-state index contributed by atoms with van der Waals surface area (Å²) < 4.78 is 5.22. The molecular weight excluding hydrogens is 258 g/mol. The molecule has 1 heterocycles. The number of aliphatic carboxylic acids is 1. The molecule has 0 spiro atoms. The first kappa shape index (κ1) is 14.5. The highest BCUT2D eigenvalue weighted by Crippen LogP contribution is 2.29. The minimum Gasteiger partial charge on any atom is -0.481 e. The van der Waals surface area contributed by atoms with Gasteiger partial charge >= 0.3 is 5.97 Å². The Morgan fingerprint density at radius 3 is 2.65 bits per heavy atom. The first-order chi connectivity index (χ1) is 9.45. The third kappa shape index (κ3) is 2.67. The van der Waals surface area contributed by atoms with Crippen LogP contribution in [0.3, 0.4) is 0 Å². The lowest BCUT2D eigenvalue weighted by molar-refractivity contribution is -0.149. The van der Waals surface area contributed by atoms with Crippen molar-refractivity contribution in [2.45, 2.75) is 25.8 Å². The lowest BCUT2D eigenvalue weighted by Crippen LogP contribution is -2.50. The second-order valence-corrected chi connectivity index (χ2v) is 5.43. The summed E-state index contributed by atoms with van der Waals surface area (Å²) in [7, 11) is 0. The maximum Gasteiger partial charge on any atom is 0.313 e. The SMILES string of the molecule is CC(C(=O)NC1COCC1(C)C(=O)O)c1ccccc1. The van der Waals surface area contributed by atoms with Crippen molar-refractivity contribution in [1.82, 2.24) is 5.32 Å². The summed E-state index contributed by atoms with van der Waals surface area (Å²) in [5, 5.41) is 12.1. The van der Waals surface area contributed by atoms with E-state index in [4.69, 9.17) is 4.74 Å². The van der Waals surface area contributed by atoms with Crippen LogP contribution in [0.25, 0.3) is 0 Å². The summed E-state index contributed by atoms with van der Waals surface area (Å²) in [6.07, 6.45) is 0. The van der Waals surface area contributed by atoms with Crippen molar-refractivity contribution in [3.05, 3.63) is 35.9 Å². The van der Waals surface area contributed by atoms with Crippen molar-refractivity contribution in [2.24, 2.45) is 5.41 Å². The third-order valence-corrected chi connectivity index (χ3v) is 3.95. The highest BCUT2D eigenvalue weighted by atomic mass is 16.5. The maximum atomic E-state index is 12.3. The molecular formula is C15H19NO4. The monoisotopic (exact) mass is 277 g/mol. The van der Waals surface area contributed by atoms with Crippen molar-refractivity contribution in [1.29, 1.82) is 0 Å². The second kappa shape index (κ2) is 5.63. The van der Waals surface area contributed by atoms with Gasteiger partial charge in [0.2, 0.25) is 5.91 Å². The van der Waals surface area contributed by atoms with Gasteiger partial charge in [0.25, 0.3) is 0 Å². The zero-order chi connectivity index (χ0) is 14.8. The van der Waals surface area contributed by atoms with Gasteiger partial charge in [-0.1, -0.05) is 30.3 Å². The fourth-order valence-corrected chi connectivity index (χ4v) is 2.27. The van der Waals surface area contributed by atoms with Crippen LogP contribution in [-0.4, -0.2) is 36.2 Å². The van der Waals surface area contributed by atoms with Crippen LogP contribution in [0.15, 0.2) is 30.3 Å². The summed E-state index contributed by atoms with van der Waals surface area (Å²) >= 11 is 0. The van der Waals surface area contributed by atoms with Crippen molar-refractivity contribution < 1.29 is 19.4 Å². The molecule has 2 N–H and O–H groups in total. The van der Waals surface area contributed by atoms with Crippen LogP contribution in [0.5, 0.6) is 0 Å². The number of hydrogen-bond donors (Lipinski definition) is 2. The van der Waals surface area contributed by atoms with Crippen LogP contribution in [0.1, 0.15) is 25.3 Å². The molecule has 108 valence electrons. The average molecular weight is 277 g/mol. The van der Waals surface area contributed by atoms with E-state index in [0.29, 0.717) is 0 Å². The fourth-order valence-electron chi connectivity index (χ4n) is 2.27. The summed E-state index contributed by atoms with van der Waals surface area (Å²) in [6.45, 7) is 3.75. The van der Waals surface area contributed by atoms with E-state index < -0.39 is 17.4 Å². The Morgan fingerprint density at radius 1 is 1.40 bits per heavy atom. The van der Waals surface area contributed by atoms with Crippen LogP contribution in [0.2, 0.25) is 0 Å². The molecule has 1 saturated heterocycles. The number of ether oxygens (including phenoxy) is 1. The van der Waals surface area contributed by atoms with Gasteiger partial charge in [-0.15, -0.1) is 0 Å². The number of amides is 1. The molecule has 1 aromatic carbocycles. The summed E-state index contributed by atoms with van der Waals surface area (Å²) in [5.41, 5.74) is -0.160. The molecule has 1 fully saturated rings. The van der Waals surface area contributed by atoms with Crippen LogP contribution < -0.4 is 5.32 Å². The summed E-state index contributed by atoms with van der Waals surface area (Å²) in [6, 6.07) is 8.90. The Balaban J connectivity index is 2.06. The number of carbonyl (C=O) groups excluding carboxylic acids is 1. The van der Waals surface area contributed by atoms with Gasteiger partial charge in [-0.3, -0.25) is 9.59 Å². The lowest BCUT2D eigenvalue weighted by Gasteiger charge is -2.26. The molecule has 1 aliphatic heterocycles. The topological polar surface area (TPSA) is 75.6 Å². The molecule has 1 aromatic rings. The molecule has 0 aliphatic carbocycles. The molecule has 1 aliphatic rings. The Labute approximate surface area is 117 Å². The Morgan fingerprint density at radius 2 is 2.05 bits per heavy atom. The molecule has 0 saturated carbocycles. The van der Waals surface area contributed by atoms with E-state index in [1.807, 2.05) is 30.3 Å². The minimum absolute atomic E-state index is 0.118. The Bertz CT molecular complexity index is 502. The van der Waals surface area contributed by atoms with Gasteiger partial charge < -0.3 is 15.2 Å². The van der Waals surface area contributed by atoms with Crippen molar-refractivity contribution in [2.75, 3.05) is 13.2 Å². The van der Waals surface area contributed by atoms with E-state index in [1.165, 1.54) is 0 Å². The maximum absolute atomic E-state index is 12.3. The molecule has 1 amide bonds. The van der Waals surface area contributed by atoms with Gasteiger partial charge in [-0.2, -0.15) is 0 Å². The second-order valence-electron chi connectivity index (χ2n) is 5.43. The minimum atomic E-state index is -1.06. The molecule has 0 aromatic heterocycles. The van der Waals surface area contributed by atoms with Crippen LogP contribution in [-0.2, 0) is 14.3 Å². The van der Waals surface area contributed by atoms with Gasteiger partial charge in [-0.05, 0) is 19.4 Å². The first-order valence-electron chi connectivity index (χ1n) is 6.61. The molecule has 0 radical (unpaired) electrons. The van der Waals surface area contributed by atoms with E-state index >= 15 is 0 Å². The number of carboxylic acids is 1. The van der Waals surface area contributed by atoms with Crippen LogP contribution >= 0.6 is 0 Å². The smallest absolute Gasteiger partial charge is 0.313 e. The van der Waals surface area contributed by atoms with Gasteiger partial charge in [0.15, 0.2) is 0 Å². The molecule has 5 heteroatoms. The molecule has 0 bridgehead atoms. The number of rotatable bonds is 4. The molecule has 2 rings (SSSR count). The molecule has 3 atom stereocenters. The van der Waals surface area contributed by atoms with Crippen molar-refractivity contribution in [3.8, 4) is 0 Å². The van der Waals surface area contributed by atoms with Gasteiger partial charge in [0.05, 0.1) is 25.2 Å². The predicted octanol–water partition coefficient (Wildman–Crippen LogP) is 1.40. The average Bonchev–Trinajstić information content (AvgIpc) is 2.81. The van der Waals surface area contributed by atoms with E-state index in [-0.39, 0.29) is 25.0 Å². The van der Waals surface area contributed by atoms with E-state index in [2.05, 4.69) is 5.32 Å². The fraction of sp³-hybridized carbons (Fsp3) is 0.467. The third-order valence-electron chi connectivity index (χ3n) is 3.95. The van der Waals surface area contributed by atoms with Crippen LogP contribution in [0.4, 0.5) is 0 Å². The summed E-state index contributed by atoms with van der Waals surface area (Å²) in [5.74, 6) is -1.46. The van der Waals surface area contributed by atoms with E-state index in [1.54, 1.807) is 13.8 Å². The number of carboxylic acid groups (broad SMARTS) is 1. The Hall–Kier alpha value is -1.88. The highest BCUT2D eigenvalue weighted by Gasteiger charge is 2.47. The zero-order valence-electron chi connectivity index (χ0n) is 11.6. The normalized spacial score (nSPS) is 27.0. The quantitative estimate of drug-likeness (QED) is 0.872. The first-order valence-corrected chi connectivity index (χ1v) is 6.61. The number of benzene rings is 1. The number of nitrogens with one attached hydrogen (secondary N) is 1. The zero-order valence-corrected chi connectivity index (χ0v) is 11.6. The molecule has 3 unspecified atom stereocenters. The standard InChI is InChI=1S/C15H19NO4/c1-10(11-6-4-3-5-7-11)13(17)16-12-8-20-9-15(12,2)14(18)19/h3-7,10,12H,8-9H2,1-2H3,(H,16,17)(H,18,19). The Kier molecular flexibility index (Phi) is 4.09. The number of carbonyl (C=O) groups is 2. The van der Waals surface area contributed by atoms with Gasteiger partial charge in [-0.25, -0.2) is 0 Å². The number of hydrogen-bond acceptors (Lipinski definition) is 3. The van der Waals surface area contributed by atoms with Gasteiger partial charge in [0.1, 0.15) is 5.41 Å². The highest BCUT2D eigenvalue weighted by molar-refractivity contribution is 5.85. The van der Waals surface area contributed by atoms with Crippen molar-refractivity contribution >= 4 is 11.9 Å². The van der Waals surface area contributed by atoms with Crippen molar-refractivity contribution in [3.63, 3.8) is 0 Å². The molecule has 5 nitrogen and oxygen atoms in total.